The Morgan fingerprint density at radius 3 is 2.44 bits per heavy atom. The van der Waals surface area contributed by atoms with Gasteiger partial charge in [0.15, 0.2) is 11.5 Å². The highest BCUT2D eigenvalue weighted by molar-refractivity contribution is 5.89. The second-order valence-electron chi connectivity index (χ2n) is 10.3. The summed E-state index contributed by atoms with van der Waals surface area (Å²) < 4.78 is 31.2. The fourth-order valence-corrected chi connectivity index (χ4v) is 5.03. The minimum Gasteiger partial charge on any atom is -0.497 e. The number of rotatable bonds is 14. The molecule has 1 aliphatic rings. The zero-order chi connectivity index (χ0) is 31.9. The van der Waals surface area contributed by atoms with Crippen LogP contribution in [-0.2, 0) is 24.4 Å². The Morgan fingerprint density at radius 2 is 1.73 bits per heavy atom. The van der Waals surface area contributed by atoms with Crippen LogP contribution in [0.1, 0.15) is 53.2 Å². The molecule has 3 aromatic carbocycles. The lowest BCUT2D eigenvalue weighted by atomic mass is 10.1. The minimum atomic E-state index is -1.03. The average molecular weight is 615 g/mol. The van der Waals surface area contributed by atoms with Crippen LogP contribution >= 0.6 is 0 Å². The monoisotopic (exact) mass is 614 g/mol. The number of benzene rings is 3. The SMILES string of the molecule is CCCCn1ncc(C=C2Oc3cc(CCC(=O)O)c(OC)cc3O2)c1-c1ccc(OC)cc1OCc1ccccc1C(=O)O. The van der Waals surface area contributed by atoms with Gasteiger partial charge in [0, 0.05) is 47.9 Å². The van der Waals surface area contributed by atoms with Crippen LogP contribution in [0.2, 0.25) is 0 Å². The molecule has 0 bridgehead atoms. The fraction of sp³-hybridized carbons (Fsp3) is 0.265. The first kappa shape index (κ1) is 31.0. The lowest BCUT2D eigenvalue weighted by molar-refractivity contribution is -0.136. The van der Waals surface area contributed by atoms with Gasteiger partial charge < -0.3 is 33.9 Å². The third-order valence-corrected chi connectivity index (χ3v) is 7.32. The molecule has 5 rings (SSSR count). The second kappa shape index (κ2) is 13.9. The van der Waals surface area contributed by atoms with E-state index in [0.717, 1.165) is 24.1 Å². The van der Waals surface area contributed by atoms with E-state index in [1.165, 1.54) is 7.11 Å². The smallest absolute Gasteiger partial charge is 0.336 e. The summed E-state index contributed by atoms with van der Waals surface area (Å²) in [5, 5.41) is 23.5. The van der Waals surface area contributed by atoms with Crippen LogP contribution in [-0.4, -0.2) is 46.2 Å². The van der Waals surface area contributed by atoms with Crippen molar-refractivity contribution in [3.8, 4) is 40.0 Å². The van der Waals surface area contributed by atoms with Gasteiger partial charge in [-0.05, 0) is 42.7 Å². The number of hydrogen-bond acceptors (Lipinski definition) is 8. The minimum absolute atomic E-state index is 0.0235. The van der Waals surface area contributed by atoms with Crippen LogP contribution in [0, 0.1) is 0 Å². The van der Waals surface area contributed by atoms with E-state index in [9.17, 15) is 14.7 Å². The molecule has 2 heterocycles. The predicted molar refractivity (Wildman–Crippen MR) is 165 cm³/mol. The van der Waals surface area contributed by atoms with E-state index >= 15 is 0 Å². The lowest BCUT2D eigenvalue weighted by Gasteiger charge is -2.16. The second-order valence-corrected chi connectivity index (χ2v) is 10.3. The van der Waals surface area contributed by atoms with Crippen LogP contribution in [0.4, 0.5) is 0 Å². The topological polar surface area (TPSA) is 139 Å². The molecule has 0 spiro atoms. The molecule has 0 amide bonds. The number of ether oxygens (including phenoxy) is 5. The molecule has 2 N–H and O–H groups in total. The van der Waals surface area contributed by atoms with E-state index in [0.29, 0.717) is 52.0 Å². The first-order valence-electron chi connectivity index (χ1n) is 14.5. The van der Waals surface area contributed by atoms with Gasteiger partial charge in [-0.25, -0.2) is 4.79 Å². The van der Waals surface area contributed by atoms with Crippen molar-refractivity contribution in [1.82, 2.24) is 9.78 Å². The highest BCUT2D eigenvalue weighted by Gasteiger charge is 2.25. The maximum atomic E-state index is 11.8. The van der Waals surface area contributed by atoms with E-state index in [2.05, 4.69) is 12.0 Å². The standard InChI is InChI=1S/C34H34N2O9/c1-4-5-14-36-33(26-12-11-24(41-2)17-28(26)43-20-22-8-6-7-9-25(22)34(39)40)23(19-35-36)16-32-44-29-15-21(10-13-31(37)38)27(42-3)18-30(29)45-32/h6-9,11-12,15-19H,4-5,10,13-14,20H2,1-3H3,(H,37,38)(H,39,40). The number of aromatic carboxylic acids is 1. The summed E-state index contributed by atoms with van der Waals surface area (Å²) in [5.74, 6) is 0.743. The highest BCUT2D eigenvalue weighted by Crippen LogP contribution is 2.43. The van der Waals surface area contributed by atoms with Crippen molar-refractivity contribution in [1.29, 1.82) is 0 Å². The van der Waals surface area contributed by atoms with Crippen LogP contribution in [0.5, 0.6) is 28.7 Å². The largest absolute Gasteiger partial charge is 0.497 e. The molecule has 0 aliphatic carbocycles. The van der Waals surface area contributed by atoms with E-state index in [-0.39, 0.29) is 31.0 Å². The zero-order valence-corrected chi connectivity index (χ0v) is 25.2. The number of carboxylic acid groups (broad SMARTS) is 2. The summed E-state index contributed by atoms with van der Waals surface area (Å²) in [4.78, 5) is 22.9. The van der Waals surface area contributed by atoms with E-state index < -0.39 is 11.9 Å². The molecule has 0 atom stereocenters. The number of aromatic nitrogens is 2. The first-order valence-corrected chi connectivity index (χ1v) is 14.5. The number of aryl methyl sites for hydroxylation is 2. The summed E-state index contributed by atoms with van der Waals surface area (Å²) in [6.45, 7) is 2.77. The number of carboxylic acids is 2. The van der Waals surface area contributed by atoms with Gasteiger partial charge in [-0.3, -0.25) is 9.48 Å². The maximum Gasteiger partial charge on any atom is 0.336 e. The van der Waals surface area contributed by atoms with E-state index in [1.807, 2.05) is 16.8 Å². The normalized spacial score (nSPS) is 12.7. The van der Waals surface area contributed by atoms with E-state index in [1.54, 1.807) is 61.8 Å². The summed E-state index contributed by atoms with van der Waals surface area (Å²) in [5.41, 5.74) is 3.57. The molecular formula is C34H34N2O9. The lowest BCUT2D eigenvalue weighted by Crippen LogP contribution is -2.07. The van der Waals surface area contributed by atoms with Crippen molar-refractivity contribution in [2.24, 2.45) is 0 Å². The molecule has 0 saturated carbocycles. The molecule has 0 radical (unpaired) electrons. The zero-order valence-electron chi connectivity index (χ0n) is 25.2. The van der Waals surface area contributed by atoms with Crippen LogP contribution in [0.15, 0.2) is 66.7 Å². The van der Waals surface area contributed by atoms with Crippen LogP contribution in [0.25, 0.3) is 17.3 Å². The summed E-state index contributed by atoms with van der Waals surface area (Å²) >= 11 is 0. The Kier molecular flexibility index (Phi) is 9.57. The van der Waals surface area contributed by atoms with Gasteiger partial charge in [-0.1, -0.05) is 31.5 Å². The predicted octanol–water partition coefficient (Wildman–Crippen LogP) is 6.43. The Hall–Kier alpha value is -5.45. The third kappa shape index (κ3) is 7.04. The molecule has 0 saturated heterocycles. The van der Waals surface area contributed by atoms with Gasteiger partial charge in [0.1, 0.15) is 23.9 Å². The number of carbonyl (C=O) groups is 2. The highest BCUT2D eigenvalue weighted by atomic mass is 16.7. The van der Waals surface area contributed by atoms with Crippen molar-refractivity contribution < 1.29 is 43.5 Å². The van der Waals surface area contributed by atoms with Crippen LogP contribution in [0.3, 0.4) is 0 Å². The quantitative estimate of drug-likeness (QED) is 0.163. The van der Waals surface area contributed by atoms with Crippen molar-refractivity contribution >= 4 is 18.0 Å². The number of hydrogen-bond donors (Lipinski definition) is 2. The van der Waals surface area contributed by atoms with Crippen molar-refractivity contribution in [3.05, 3.63) is 89.0 Å². The Labute approximate surface area is 260 Å². The molecule has 11 nitrogen and oxygen atoms in total. The number of aliphatic carboxylic acids is 1. The summed E-state index contributed by atoms with van der Waals surface area (Å²) in [7, 11) is 3.08. The van der Waals surface area contributed by atoms with Gasteiger partial charge in [-0.15, -0.1) is 0 Å². The Bertz CT molecular complexity index is 1740. The molecule has 234 valence electrons. The number of unbranched alkanes of at least 4 members (excludes halogenated alkanes) is 1. The van der Waals surface area contributed by atoms with Crippen LogP contribution < -0.4 is 23.7 Å². The first-order chi connectivity index (χ1) is 21.8. The molecule has 0 unspecified atom stereocenters. The Balaban J connectivity index is 1.51. The average Bonchev–Trinajstić information content (AvgIpc) is 3.63. The van der Waals surface area contributed by atoms with Gasteiger partial charge in [0.25, 0.3) is 5.95 Å². The third-order valence-electron chi connectivity index (χ3n) is 7.32. The van der Waals surface area contributed by atoms with Crippen molar-refractivity contribution in [2.75, 3.05) is 14.2 Å². The molecular weight excluding hydrogens is 580 g/mol. The van der Waals surface area contributed by atoms with Gasteiger partial charge in [0.2, 0.25) is 0 Å². The molecule has 0 fully saturated rings. The fourth-order valence-electron chi connectivity index (χ4n) is 5.03. The number of fused-ring (bicyclic) bond motifs is 1. The van der Waals surface area contributed by atoms with Gasteiger partial charge in [-0.2, -0.15) is 5.10 Å². The summed E-state index contributed by atoms with van der Waals surface area (Å²) in [6, 6.07) is 15.6. The maximum absolute atomic E-state index is 11.8. The van der Waals surface area contributed by atoms with E-state index in [4.69, 9.17) is 28.8 Å². The summed E-state index contributed by atoms with van der Waals surface area (Å²) in [6.07, 6.45) is 5.54. The molecule has 1 aliphatic heterocycles. The number of nitrogens with zero attached hydrogens (tertiary/aromatic N) is 2. The van der Waals surface area contributed by atoms with Gasteiger partial charge >= 0.3 is 11.9 Å². The van der Waals surface area contributed by atoms with Gasteiger partial charge in [0.05, 0.1) is 31.7 Å². The molecule has 4 aromatic rings. The number of methoxy groups -OCH3 is 2. The van der Waals surface area contributed by atoms with Crippen molar-refractivity contribution in [3.63, 3.8) is 0 Å². The molecule has 45 heavy (non-hydrogen) atoms. The Morgan fingerprint density at radius 1 is 0.956 bits per heavy atom. The molecule has 1 aromatic heterocycles. The van der Waals surface area contributed by atoms with Crippen molar-refractivity contribution in [2.45, 2.75) is 45.8 Å². The molecule has 11 heteroatoms.